The van der Waals surface area contributed by atoms with E-state index < -0.39 is 0 Å². The number of aromatic nitrogens is 4. The molecule has 4 aromatic heterocycles. The van der Waals surface area contributed by atoms with Gasteiger partial charge in [0.2, 0.25) is 0 Å². The van der Waals surface area contributed by atoms with Gasteiger partial charge in [-0.25, -0.2) is 0 Å². The van der Waals surface area contributed by atoms with Gasteiger partial charge in [0, 0.05) is 35.4 Å². The van der Waals surface area contributed by atoms with Crippen LogP contribution in [0.5, 0.6) is 0 Å². The summed E-state index contributed by atoms with van der Waals surface area (Å²) in [6.45, 7) is 0. The molecule has 0 atom stereocenters. The van der Waals surface area contributed by atoms with Crippen LogP contribution in [-0.4, -0.2) is 19.5 Å². The van der Waals surface area contributed by atoms with E-state index >= 15 is 0 Å². The van der Waals surface area contributed by atoms with Crippen molar-refractivity contribution in [2.24, 2.45) is 0 Å². The largest absolute Gasteiger partial charge is 3.00 e. The molecule has 0 aliphatic rings. The Bertz CT molecular complexity index is 4740. The second kappa shape index (κ2) is 23.5. The Kier molecular flexibility index (Phi) is 14.6. The van der Waals surface area contributed by atoms with Crippen molar-refractivity contribution in [3.05, 3.63) is 328 Å². The molecule has 0 radical (unpaired) electrons. The minimum absolute atomic E-state index is 0. The van der Waals surface area contributed by atoms with Crippen molar-refractivity contribution >= 4 is 21.8 Å². The molecule has 404 valence electrons. The minimum atomic E-state index is 0. The Morgan fingerprint density at radius 1 is 0.256 bits per heavy atom. The molecule has 0 unspecified atom stereocenters. The molecule has 5 heteroatoms. The first-order valence-electron chi connectivity index (χ1n) is 28.6. The molecule has 0 saturated heterocycles. The van der Waals surface area contributed by atoms with E-state index in [1.807, 2.05) is 60.9 Å². The summed E-state index contributed by atoms with van der Waals surface area (Å²) in [6, 6.07) is 113. The Morgan fingerprint density at radius 3 is 1.26 bits per heavy atom. The Hall–Kier alpha value is -10.7. The molecule has 4 nitrogen and oxygen atoms in total. The van der Waals surface area contributed by atoms with E-state index in [0.29, 0.717) is 0 Å². The maximum atomic E-state index is 5.39. The molecule has 86 heavy (non-hydrogen) atoms. The molecule has 0 fully saturated rings. The third kappa shape index (κ3) is 10.3. The quantitative estimate of drug-likeness (QED) is 0.115. The van der Waals surface area contributed by atoms with E-state index in [9.17, 15) is 0 Å². The van der Waals surface area contributed by atoms with Crippen molar-refractivity contribution in [3.63, 3.8) is 0 Å². The summed E-state index contributed by atoms with van der Waals surface area (Å²) in [5, 5.41) is 2.33. The van der Waals surface area contributed by atoms with E-state index in [1.54, 1.807) is 0 Å². The van der Waals surface area contributed by atoms with Crippen LogP contribution in [0.15, 0.2) is 310 Å². The van der Waals surface area contributed by atoms with Gasteiger partial charge in [-0.05, 0) is 148 Å². The van der Waals surface area contributed by atoms with Crippen LogP contribution in [0, 0.1) is 18.2 Å². The maximum Gasteiger partial charge on any atom is 3.00 e. The SMILES string of the molecule is [Ir+3].[c-]1ccccc1-c1ccc(-c2ccccc2-c2cc(-c3ccccc3-c3ccc(-c4[c-]cccc4)nc3)cc(-c3ccccc3-c3cnc(-c4[c-]cc5c6ccccc6n(-c6ccccc6)c5c4)cc3-c3ccc(-c4ccccc4)cc3)c2)cn1. The first-order valence-corrected chi connectivity index (χ1v) is 28.6. The summed E-state index contributed by atoms with van der Waals surface area (Å²) >= 11 is 0. The third-order valence-corrected chi connectivity index (χ3v) is 16.2. The van der Waals surface area contributed by atoms with Crippen molar-refractivity contribution < 1.29 is 20.1 Å². The number of nitrogens with zero attached hydrogens (tertiary/aromatic N) is 4. The van der Waals surface area contributed by atoms with Gasteiger partial charge >= 0.3 is 20.1 Å². The molecule has 11 aromatic carbocycles. The average Bonchev–Trinajstić information content (AvgIpc) is 2.69. The molecule has 0 saturated carbocycles. The monoisotopic (exact) mass is 1270 g/mol. The predicted octanol–water partition coefficient (Wildman–Crippen LogP) is 20.7. The summed E-state index contributed by atoms with van der Waals surface area (Å²) in [5.74, 6) is 0. The number of pyridine rings is 3. The van der Waals surface area contributed by atoms with Crippen LogP contribution in [0.3, 0.4) is 0 Å². The molecule has 0 aliphatic carbocycles. The number of rotatable bonds is 12. The van der Waals surface area contributed by atoms with Crippen molar-refractivity contribution in [1.82, 2.24) is 19.5 Å². The van der Waals surface area contributed by atoms with Gasteiger partial charge in [0.15, 0.2) is 0 Å². The number of fused-ring (bicyclic) bond motifs is 3. The van der Waals surface area contributed by atoms with Crippen molar-refractivity contribution in [2.75, 3.05) is 0 Å². The van der Waals surface area contributed by atoms with E-state index in [4.69, 9.17) is 15.0 Å². The van der Waals surface area contributed by atoms with Gasteiger partial charge in [-0.3, -0.25) is 0 Å². The Labute approximate surface area is 514 Å². The molecule has 15 aromatic rings. The summed E-state index contributed by atoms with van der Waals surface area (Å²) in [7, 11) is 0. The van der Waals surface area contributed by atoms with Crippen LogP contribution in [0.1, 0.15) is 0 Å². The normalized spacial score (nSPS) is 11.2. The van der Waals surface area contributed by atoms with E-state index in [1.165, 1.54) is 10.9 Å². The number of para-hydroxylation sites is 2. The van der Waals surface area contributed by atoms with Crippen molar-refractivity contribution in [1.29, 1.82) is 0 Å². The third-order valence-electron chi connectivity index (χ3n) is 16.2. The topological polar surface area (TPSA) is 43.6 Å². The zero-order valence-corrected chi connectivity index (χ0v) is 49.0. The minimum Gasteiger partial charge on any atom is -0.328 e. The van der Waals surface area contributed by atoms with Crippen LogP contribution in [-0.2, 0) is 20.1 Å². The van der Waals surface area contributed by atoms with Gasteiger partial charge in [-0.1, -0.05) is 200 Å². The molecule has 0 N–H and O–H groups in total. The molecular weight excluding hydrogens is 1220 g/mol. The molecule has 0 aliphatic heterocycles. The van der Waals surface area contributed by atoms with Crippen LogP contribution in [0.25, 0.3) is 150 Å². The summed E-state index contributed by atoms with van der Waals surface area (Å²) < 4.78 is 2.35. The molecule has 0 spiro atoms. The summed E-state index contributed by atoms with van der Waals surface area (Å²) in [4.78, 5) is 15.3. The van der Waals surface area contributed by atoms with Crippen LogP contribution >= 0.6 is 0 Å². The standard InChI is InChI=1S/C81H51N4.Ir/c1-5-21-55(22-6-1)56-37-39-57(40-38-56)75-51-79(60-41-44-74-73-35-19-20-36-80(73)85(81(74)50-60)66-27-11-4-12-28-66)84-54-76(75)72-34-18-17-33-71(72)65-48-63(69-31-15-13-29-67(69)61-42-45-77(82-52-61)58-23-7-2-8-24-58)47-64(49-65)70-32-16-14-30-68(70)62-43-46-78(83-53-62)59-25-9-3-10-26-59;/h1-23,25,27-40,42-54H;/q-3;+3. The fourth-order valence-corrected chi connectivity index (χ4v) is 12.0. The first-order chi connectivity index (χ1) is 42.1. The Morgan fingerprint density at radius 2 is 0.709 bits per heavy atom. The fourth-order valence-electron chi connectivity index (χ4n) is 12.0. The van der Waals surface area contributed by atoms with Gasteiger partial charge in [-0.15, -0.1) is 95.6 Å². The zero-order valence-electron chi connectivity index (χ0n) is 46.6. The first kappa shape index (κ1) is 53.3. The molecule has 0 amide bonds. The molecular formula is C81H51IrN4. The van der Waals surface area contributed by atoms with Gasteiger partial charge in [-0.2, -0.15) is 0 Å². The van der Waals surface area contributed by atoms with Gasteiger partial charge in [0.25, 0.3) is 0 Å². The summed E-state index contributed by atoms with van der Waals surface area (Å²) in [5.41, 5.74) is 26.0. The zero-order chi connectivity index (χ0) is 56.5. The second-order valence-corrected chi connectivity index (χ2v) is 21.2. The number of hydrogen-bond acceptors (Lipinski definition) is 3. The molecule has 0 bridgehead atoms. The molecule has 4 heterocycles. The fraction of sp³-hybridized carbons (Fsp3) is 0. The van der Waals surface area contributed by atoms with E-state index in [-0.39, 0.29) is 20.1 Å². The number of hydrogen-bond donors (Lipinski definition) is 0. The van der Waals surface area contributed by atoms with Crippen LogP contribution < -0.4 is 0 Å². The van der Waals surface area contributed by atoms with E-state index in [0.717, 1.165) is 139 Å². The van der Waals surface area contributed by atoms with Crippen molar-refractivity contribution in [2.45, 2.75) is 0 Å². The smallest absolute Gasteiger partial charge is 0.328 e. The average molecular weight is 1270 g/mol. The second-order valence-electron chi connectivity index (χ2n) is 21.2. The maximum absolute atomic E-state index is 5.39. The van der Waals surface area contributed by atoms with Gasteiger partial charge in [0.05, 0.1) is 0 Å². The van der Waals surface area contributed by atoms with Crippen LogP contribution in [0.4, 0.5) is 0 Å². The van der Waals surface area contributed by atoms with Gasteiger partial charge < -0.3 is 19.5 Å². The predicted molar refractivity (Wildman–Crippen MR) is 350 cm³/mol. The van der Waals surface area contributed by atoms with Gasteiger partial charge in [0.1, 0.15) is 0 Å². The number of benzene rings is 11. The molecule has 15 rings (SSSR count). The van der Waals surface area contributed by atoms with Crippen LogP contribution in [0.2, 0.25) is 0 Å². The van der Waals surface area contributed by atoms with E-state index in [2.05, 4.69) is 272 Å². The Balaban J connectivity index is 0.00000653. The summed E-state index contributed by atoms with van der Waals surface area (Å²) in [6.07, 6.45) is 6.04. The van der Waals surface area contributed by atoms with Crippen molar-refractivity contribution in [3.8, 4) is 128 Å².